The van der Waals surface area contributed by atoms with Crippen molar-refractivity contribution in [3.05, 3.63) is 46.5 Å². The zero-order valence-corrected chi connectivity index (χ0v) is 13.1. The van der Waals surface area contributed by atoms with Crippen LogP contribution in [-0.2, 0) is 6.54 Å². The summed E-state index contributed by atoms with van der Waals surface area (Å²) in [6.07, 6.45) is 3.98. The van der Waals surface area contributed by atoms with Crippen LogP contribution in [0.3, 0.4) is 0 Å². The highest BCUT2D eigenvalue weighted by atomic mass is 79.9. The molecular formula is C14H17BrN4O. The average molecular weight is 337 g/mol. The lowest BCUT2D eigenvalue weighted by molar-refractivity contribution is 0.0936. The number of amides is 1. The summed E-state index contributed by atoms with van der Waals surface area (Å²) in [6.45, 7) is 4.71. The summed E-state index contributed by atoms with van der Waals surface area (Å²) in [4.78, 5) is 16.1. The van der Waals surface area contributed by atoms with E-state index in [4.69, 9.17) is 0 Å². The summed E-state index contributed by atoms with van der Waals surface area (Å²) in [5.74, 6) is -0.0667. The van der Waals surface area contributed by atoms with Crippen LogP contribution in [0.15, 0.2) is 35.3 Å². The highest BCUT2D eigenvalue weighted by molar-refractivity contribution is 9.10. The summed E-state index contributed by atoms with van der Waals surface area (Å²) in [6, 6.07) is 5.77. The maximum Gasteiger partial charge on any atom is 0.252 e. The number of hydrogen-bond donors (Lipinski definition) is 1. The second-order valence-corrected chi connectivity index (χ2v) is 5.66. The van der Waals surface area contributed by atoms with Crippen LogP contribution in [0.5, 0.6) is 0 Å². The Kier molecular flexibility index (Phi) is 4.89. The first-order valence-electron chi connectivity index (χ1n) is 6.45. The molecule has 0 saturated heterocycles. The largest absolute Gasteiger partial charge is 0.349 e. The van der Waals surface area contributed by atoms with E-state index in [0.717, 1.165) is 23.0 Å². The number of benzene rings is 1. The van der Waals surface area contributed by atoms with Gasteiger partial charge in [-0.25, -0.2) is 4.98 Å². The Labute approximate surface area is 126 Å². The highest BCUT2D eigenvalue weighted by Gasteiger charge is 2.12. The van der Waals surface area contributed by atoms with Crippen LogP contribution in [0, 0.1) is 6.92 Å². The van der Waals surface area contributed by atoms with Crippen LogP contribution in [0.2, 0.25) is 0 Å². The average Bonchev–Trinajstić information content (AvgIpc) is 2.89. The Morgan fingerprint density at radius 3 is 2.95 bits per heavy atom. The van der Waals surface area contributed by atoms with Gasteiger partial charge in [-0.1, -0.05) is 6.07 Å². The molecule has 0 saturated carbocycles. The molecule has 0 radical (unpaired) electrons. The Morgan fingerprint density at radius 1 is 1.50 bits per heavy atom. The van der Waals surface area contributed by atoms with Gasteiger partial charge in [-0.2, -0.15) is 5.10 Å². The standard InChI is InChI=1S/C14H17BrN4O/c1-10-3-4-12(13(15)7-10)14(20)18-11(2)5-6-19-9-16-8-17-19/h3-4,7-9,11H,5-6H2,1-2H3,(H,18,20)/t11-/m0/s1. The number of nitrogens with zero attached hydrogens (tertiary/aromatic N) is 3. The molecule has 0 aliphatic carbocycles. The molecule has 0 spiro atoms. The second kappa shape index (κ2) is 6.65. The van der Waals surface area contributed by atoms with Crippen LogP contribution in [0.25, 0.3) is 0 Å². The van der Waals surface area contributed by atoms with Gasteiger partial charge in [0.25, 0.3) is 5.91 Å². The van der Waals surface area contributed by atoms with E-state index in [-0.39, 0.29) is 11.9 Å². The van der Waals surface area contributed by atoms with Crippen molar-refractivity contribution in [2.75, 3.05) is 0 Å². The molecule has 0 aliphatic rings. The molecule has 5 nitrogen and oxygen atoms in total. The van der Waals surface area contributed by atoms with E-state index in [0.29, 0.717) is 5.56 Å². The van der Waals surface area contributed by atoms with Gasteiger partial charge in [0.1, 0.15) is 12.7 Å². The van der Waals surface area contributed by atoms with E-state index in [9.17, 15) is 4.79 Å². The van der Waals surface area contributed by atoms with Gasteiger partial charge < -0.3 is 5.32 Å². The van der Waals surface area contributed by atoms with E-state index >= 15 is 0 Å². The Bertz CT molecular complexity index is 583. The van der Waals surface area contributed by atoms with Gasteiger partial charge in [-0.05, 0) is 53.9 Å². The third-order valence-electron chi connectivity index (χ3n) is 3.00. The number of nitrogens with one attached hydrogen (secondary N) is 1. The summed E-state index contributed by atoms with van der Waals surface area (Å²) in [7, 11) is 0. The predicted molar refractivity (Wildman–Crippen MR) is 80.4 cm³/mol. The zero-order chi connectivity index (χ0) is 14.5. The molecule has 1 atom stereocenters. The van der Waals surface area contributed by atoms with Crippen molar-refractivity contribution in [2.45, 2.75) is 32.9 Å². The van der Waals surface area contributed by atoms with Crippen molar-refractivity contribution in [1.82, 2.24) is 20.1 Å². The van der Waals surface area contributed by atoms with Crippen molar-refractivity contribution in [2.24, 2.45) is 0 Å². The molecule has 1 N–H and O–H groups in total. The molecule has 1 amide bonds. The summed E-state index contributed by atoms with van der Waals surface area (Å²) < 4.78 is 2.57. The number of rotatable bonds is 5. The van der Waals surface area contributed by atoms with Crippen LogP contribution < -0.4 is 5.32 Å². The van der Waals surface area contributed by atoms with Crippen molar-refractivity contribution in [1.29, 1.82) is 0 Å². The first kappa shape index (κ1) is 14.7. The van der Waals surface area contributed by atoms with Crippen molar-refractivity contribution < 1.29 is 4.79 Å². The van der Waals surface area contributed by atoms with Crippen LogP contribution >= 0.6 is 15.9 Å². The van der Waals surface area contributed by atoms with Gasteiger partial charge in [0.05, 0.1) is 5.56 Å². The first-order chi connectivity index (χ1) is 9.56. The summed E-state index contributed by atoms with van der Waals surface area (Å²) >= 11 is 3.42. The Hall–Kier alpha value is -1.69. The molecule has 1 aromatic heterocycles. The van der Waals surface area contributed by atoms with Gasteiger partial charge in [0, 0.05) is 17.1 Å². The highest BCUT2D eigenvalue weighted by Crippen LogP contribution is 2.18. The van der Waals surface area contributed by atoms with E-state index < -0.39 is 0 Å². The number of halogens is 1. The molecule has 1 aromatic carbocycles. The molecule has 0 fully saturated rings. The molecule has 6 heteroatoms. The van der Waals surface area contributed by atoms with Crippen LogP contribution in [0.1, 0.15) is 29.3 Å². The van der Waals surface area contributed by atoms with Gasteiger partial charge in [0.2, 0.25) is 0 Å². The molecule has 20 heavy (non-hydrogen) atoms. The fourth-order valence-electron chi connectivity index (χ4n) is 1.85. The Morgan fingerprint density at radius 2 is 2.30 bits per heavy atom. The molecule has 0 unspecified atom stereocenters. The molecule has 0 aliphatic heterocycles. The van der Waals surface area contributed by atoms with Crippen molar-refractivity contribution >= 4 is 21.8 Å². The number of carbonyl (C=O) groups excluding carboxylic acids is 1. The molecular weight excluding hydrogens is 320 g/mol. The van der Waals surface area contributed by atoms with Gasteiger partial charge in [-0.3, -0.25) is 9.48 Å². The third-order valence-corrected chi connectivity index (χ3v) is 3.66. The maximum absolute atomic E-state index is 12.2. The monoisotopic (exact) mass is 336 g/mol. The normalized spacial score (nSPS) is 12.2. The minimum absolute atomic E-state index is 0.0667. The maximum atomic E-state index is 12.2. The Balaban J connectivity index is 1.90. The zero-order valence-electron chi connectivity index (χ0n) is 11.5. The van der Waals surface area contributed by atoms with E-state index in [1.54, 1.807) is 11.0 Å². The SMILES string of the molecule is Cc1ccc(C(=O)N[C@@H](C)CCn2cncn2)c(Br)c1. The summed E-state index contributed by atoms with van der Waals surface area (Å²) in [5, 5.41) is 7.02. The smallest absolute Gasteiger partial charge is 0.252 e. The lowest BCUT2D eigenvalue weighted by Gasteiger charge is -2.14. The third kappa shape index (κ3) is 3.90. The fourth-order valence-corrected chi connectivity index (χ4v) is 2.53. The van der Waals surface area contributed by atoms with Crippen molar-refractivity contribution in [3.8, 4) is 0 Å². The van der Waals surface area contributed by atoms with Crippen molar-refractivity contribution in [3.63, 3.8) is 0 Å². The molecule has 2 aromatic rings. The van der Waals surface area contributed by atoms with Crippen LogP contribution in [0.4, 0.5) is 0 Å². The second-order valence-electron chi connectivity index (χ2n) is 4.81. The molecule has 2 rings (SSSR count). The minimum atomic E-state index is -0.0667. The first-order valence-corrected chi connectivity index (χ1v) is 7.25. The molecule has 1 heterocycles. The lowest BCUT2D eigenvalue weighted by atomic mass is 10.1. The number of aryl methyl sites for hydroxylation is 2. The predicted octanol–water partition coefficient (Wildman–Crippen LogP) is 2.56. The summed E-state index contributed by atoms with van der Waals surface area (Å²) in [5.41, 5.74) is 1.77. The van der Waals surface area contributed by atoms with Gasteiger partial charge in [-0.15, -0.1) is 0 Å². The van der Waals surface area contributed by atoms with Crippen LogP contribution in [-0.4, -0.2) is 26.7 Å². The van der Waals surface area contributed by atoms with Gasteiger partial charge >= 0.3 is 0 Å². The molecule has 106 valence electrons. The number of carbonyl (C=O) groups is 1. The number of aromatic nitrogens is 3. The fraction of sp³-hybridized carbons (Fsp3) is 0.357. The molecule has 0 bridgehead atoms. The minimum Gasteiger partial charge on any atom is -0.349 e. The topological polar surface area (TPSA) is 59.8 Å². The quantitative estimate of drug-likeness (QED) is 0.912. The van der Waals surface area contributed by atoms with E-state index in [1.165, 1.54) is 6.33 Å². The van der Waals surface area contributed by atoms with E-state index in [1.807, 2.05) is 32.0 Å². The number of hydrogen-bond acceptors (Lipinski definition) is 3. The van der Waals surface area contributed by atoms with Gasteiger partial charge in [0.15, 0.2) is 0 Å². The van der Waals surface area contributed by atoms with E-state index in [2.05, 4.69) is 31.3 Å². The lowest BCUT2D eigenvalue weighted by Crippen LogP contribution is -2.33.